The molecule has 0 fully saturated rings. The number of aromatic nitrogens is 2. The lowest BCUT2D eigenvalue weighted by Crippen LogP contribution is -2.12. The summed E-state index contributed by atoms with van der Waals surface area (Å²) in [7, 11) is -3.99. The van der Waals surface area contributed by atoms with E-state index in [-0.39, 0.29) is 21.0 Å². The van der Waals surface area contributed by atoms with Gasteiger partial charge in [-0.2, -0.15) is 0 Å². The third-order valence-electron chi connectivity index (χ3n) is 4.08. The van der Waals surface area contributed by atoms with Gasteiger partial charge in [0.25, 0.3) is 10.0 Å². The zero-order valence-corrected chi connectivity index (χ0v) is 16.2. The lowest BCUT2D eigenvalue weighted by molar-refractivity contribution is 0.0699. The van der Waals surface area contributed by atoms with E-state index in [0.29, 0.717) is 16.0 Å². The standard InChI is InChI=1S/C19H12FN3O4S2/c20-12-5-3-11(4-6-12)18-22-10-16(28-18)29(26,27)23-15-8-7-14(19(24)25)13-2-1-9-21-17(13)15/h1-10,23H,(H,24,25). The van der Waals surface area contributed by atoms with Crippen LogP contribution in [0.15, 0.2) is 65.1 Å². The number of thiazole rings is 1. The fourth-order valence-electron chi connectivity index (χ4n) is 2.75. The van der Waals surface area contributed by atoms with Crippen molar-refractivity contribution in [1.82, 2.24) is 9.97 Å². The molecule has 10 heteroatoms. The van der Waals surface area contributed by atoms with Gasteiger partial charge in [0.15, 0.2) is 4.21 Å². The number of hydrogen-bond acceptors (Lipinski definition) is 6. The highest BCUT2D eigenvalue weighted by Gasteiger charge is 2.21. The first-order chi connectivity index (χ1) is 13.8. The average Bonchev–Trinajstić information content (AvgIpc) is 3.19. The molecule has 2 aromatic carbocycles. The molecule has 0 atom stereocenters. The van der Waals surface area contributed by atoms with Gasteiger partial charge < -0.3 is 5.11 Å². The molecule has 29 heavy (non-hydrogen) atoms. The molecule has 0 amide bonds. The number of benzene rings is 2. The first-order valence-corrected chi connectivity index (χ1v) is 10.5. The summed E-state index contributed by atoms with van der Waals surface area (Å²) in [6.07, 6.45) is 2.66. The molecule has 0 saturated carbocycles. The van der Waals surface area contributed by atoms with E-state index >= 15 is 0 Å². The molecule has 0 saturated heterocycles. The maximum absolute atomic E-state index is 13.1. The van der Waals surface area contributed by atoms with Crippen molar-refractivity contribution in [3.63, 3.8) is 0 Å². The summed E-state index contributed by atoms with van der Waals surface area (Å²) < 4.78 is 41.1. The van der Waals surface area contributed by atoms with E-state index in [1.807, 2.05) is 0 Å². The Balaban J connectivity index is 1.71. The van der Waals surface area contributed by atoms with Crippen LogP contribution in [0.5, 0.6) is 0 Å². The summed E-state index contributed by atoms with van der Waals surface area (Å²) in [6.45, 7) is 0. The highest BCUT2D eigenvalue weighted by Crippen LogP contribution is 2.31. The van der Waals surface area contributed by atoms with Crippen molar-refractivity contribution in [2.24, 2.45) is 0 Å². The van der Waals surface area contributed by atoms with E-state index in [1.165, 1.54) is 48.8 Å². The molecular weight excluding hydrogens is 417 g/mol. The minimum Gasteiger partial charge on any atom is -0.478 e. The molecule has 0 aliphatic rings. The third kappa shape index (κ3) is 3.67. The van der Waals surface area contributed by atoms with Gasteiger partial charge in [-0.05, 0) is 42.5 Å². The SMILES string of the molecule is O=C(O)c1ccc(NS(=O)(=O)c2cnc(-c3ccc(F)cc3)s2)c2ncccc12. The topological polar surface area (TPSA) is 109 Å². The molecule has 4 aromatic rings. The van der Waals surface area contributed by atoms with Gasteiger partial charge in [-0.15, -0.1) is 11.3 Å². The number of nitrogens with one attached hydrogen (secondary N) is 1. The number of rotatable bonds is 5. The second kappa shape index (κ2) is 7.22. The van der Waals surface area contributed by atoms with Crippen LogP contribution in [0.4, 0.5) is 10.1 Å². The Hall–Kier alpha value is -3.37. The monoisotopic (exact) mass is 429 g/mol. The summed E-state index contributed by atoms with van der Waals surface area (Å²) in [4.78, 5) is 19.6. The normalized spacial score (nSPS) is 11.5. The lowest BCUT2D eigenvalue weighted by Gasteiger charge is -2.10. The molecule has 146 valence electrons. The van der Waals surface area contributed by atoms with Crippen LogP contribution in [0.2, 0.25) is 0 Å². The van der Waals surface area contributed by atoms with E-state index in [4.69, 9.17) is 0 Å². The third-order valence-corrected chi connectivity index (χ3v) is 6.96. The smallest absolute Gasteiger partial charge is 0.336 e. The van der Waals surface area contributed by atoms with Crippen molar-refractivity contribution in [3.8, 4) is 10.6 Å². The van der Waals surface area contributed by atoms with Crippen LogP contribution >= 0.6 is 11.3 Å². The molecule has 0 bridgehead atoms. The quantitative estimate of drug-likeness (QED) is 0.496. The van der Waals surface area contributed by atoms with Crippen LogP contribution in [0.3, 0.4) is 0 Å². The van der Waals surface area contributed by atoms with Crippen molar-refractivity contribution < 1.29 is 22.7 Å². The maximum Gasteiger partial charge on any atom is 0.336 e. The van der Waals surface area contributed by atoms with Crippen LogP contribution in [-0.4, -0.2) is 29.5 Å². The average molecular weight is 429 g/mol. The molecule has 7 nitrogen and oxygen atoms in total. The number of pyridine rings is 1. The van der Waals surface area contributed by atoms with E-state index in [0.717, 1.165) is 11.3 Å². The number of carbonyl (C=O) groups is 1. The molecule has 2 heterocycles. The number of hydrogen-bond donors (Lipinski definition) is 2. The van der Waals surface area contributed by atoms with Gasteiger partial charge in [0.1, 0.15) is 10.8 Å². The number of carboxylic acids is 1. The zero-order chi connectivity index (χ0) is 20.6. The van der Waals surface area contributed by atoms with Crippen LogP contribution < -0.4 is 4.72 Å². The van der Waals surface area contributed by atoms with Crippen LogP contribution in [0.1, 0.15) is 10.4 Å². The fraction of sp³-hybridized carbons (Fsp3) is 0. The van der Waals surface area contributed by atoms with E-state index < -0.39 is 21.8 Å². The molecule has 2 aromatic heterocycles. The molecule has 2 N–H and O–H groups in total. The molecule has 0 radical (unpaired) electrons. The number of fused-ring (bicyclic) bond motifs is 1. The number of anilines is 1. The minimum absolute atomic E-state index is 0.0208. The first-order valence-electron chi connectivity index (χ1n) is 8.21. The molecule has 0 unspecified atom stereocenters. The predicted molar refractivity (Wildman–Crippen MR) is 107 cm³/mol. The highest BCUT2D eigenvalue weighted by atomic mass is 32.2. The molecule has 0 spiro atoms. The van der Waals surface area contributed by atoms with Gasteiger partial charge in [-0.25, -0.2) is 22.6 Å². The van der Waals surface area contributed by atoms with Crippen LogP contribution in [-0.2, 0) is 10.0 Å². The number of carboxylic acid groups (broad SMARTS) is 1. The van der Waals surface area contributed by atoms with Crippen molar-refractivity contribution in [2.75, 3.05) is 4.72 Å². The Morgan fingerprint density at radius 3 is 2.55 bits per heavy atom. The Bertz CT molecular complexity index is 1340. The number of sulfonamides is 1. The van der Waals surface area contributed by atoms with Crippen LogP contribution in [0, 0.1) is 5.82 Å². The Morgan fingerprint density at radius 1 is 1.07 bits per heavy atom. The fourth-order valence-corrected chi connectivity index (χ4v) is 4.95. The van der Waals surface area contributed by atoms with Gasteiger partial charge in [0, 0.05) is 17.1 Å². The minimum atomic E-state index is -3.99. The first kappa shape index (κ1) is 19.0. The van der Waals surface area contributed by atoms with E-state index in [2.05, 4.69) is 14.7 Å². The summed E-state index contributed by atoms with van der Waals surface area (Å²) in [5, 5.41) is 10.1. The molecule has 0 aliphatic heterocycles. The van der Waals surface area contributed by atoms with E-state index in [1.54, 1.807) is 12.1 Å². The summed E-state index contributed by atoms with van der Waals surface area (Å²) in [5.41, 5.74) is 0.991. The second-order valence-corrected chi connectivity index (χ2v) is 8.90. The predicted octanol–water partition coefficient (Wildman–Crippen LogP) is 4.00. The lowest BCUT2D eigenvalue weighted by atomic mass is 10.1. The number of nitrogens with zero attached hydrogens (tertiary/aromatic N) is 2. The van der Waals surface area contributed by atoms with Crippen molar-refractivity contribution in [2.45, 2.75) is 4.21 Å². The van der Waals surface area contributed by atoms with E-state index in [9.17, 15) is 22.7 Å². The van der Waals surface area contributed by atoms with Gasteiger partial charge in [0.05, 0.1) is 23.0 Å². The number of halogens is 1. The number of aromatic carboxylic acids is 1. The second-order valence-electron chi connectivity index (χ2n) is 5.96. The zero-order valence-electron chi connectivity index (χ0n) is 14.5. The summed E-state index contributed by atoms with van der Waals surface area (Å²) in [5.74, 6) is -1.53. The molecule has 4 rings (SSSR count). The largest absolute Gasteiger partial charge is 0.478 e. The molecular formula is C19H12FN3O4S2. The van der Waals surface area contributed by atoms with Gasteiger partial charge in [-0.1, -0.05) is 6.07 Å². The van der Waals surface area contributed by atoms with Gasteiger partial charge >= 0.3 is 5.97 Å². The van der Waals surface area contributed by atoms with Crippen molar-refractivity contribution in [3.05, 3.63) is 72.3 Å². The Morgan fingerprint density at radius 2 is 1.83 bits per heavy atom. The van der Waals surface area contributed by atoms with Crippen LogP contribution in [0.25, 0.3) is 21.5 Å². The molecule has 0 aliphatic carbocycles. The highest BCUT2D eigenvalue weighted by molar-refractivity contribution is 7.94. The Kier molecular flexibility index (Phi) is 4.73. The maximum atomic E-state index is 13.1. The summed E-state index contributed by atoms with van der Waals surface area (Å²) >= 11 is 0.933. The van der Waals surface area contributed by atoms with Gasteiger partial charge in [0.2, 0.25) is 0 Å². The summed E-state index contributed by atoms with van der Waals surface area (Å²) in [6, 6.07) is 11.4. The Labute approximate surface area is 168 Å². The van der Waals surface area contributed by atoms with Gasteiger partial charge in [-0.3, -0.25) is 9.71 Å². The van der Waals surface area contributed by atoms with Crippen molar-refractivity contribution >= 4 is 43.9 Å². The van der Waals surface area contributed by atoms with Crippen molar-refractivity contribution in [1.29, 1.82) is 0 Å².